The van der Waals surface area contributed by atoms with Crippen molar-refractivity contribution in [3.63, 3.8) is 0 Å². The van der Waals surface area contributed by atoms with Crippen molar-refractivity contribution in [2.24, 2.45) is 0 Å². The monoisotopic (exact) mass is 234 g/mol. The fourth-order valence-electron chi connectivity index (χ4n) is 1.38. The fraction of sp³-hybridized carbons (Fsp3) is 0.231. The highest BCUT2D eigenvalue weighted by molar-refractivity contribution is 5.91. The molecule has 0 amide bonds. The van der Waals surface area contributed by atoms with Gasteiger partial charge in [0.15, 0.2) is 0 Å². The van der Waals surface area contributed by atoms with Gasteiger partial charge in [-0.25, -0.2) is 9.59 Å². The summed E-state index contributed by atoms with van der Waals surface area (Å²) >= 11 is 0. The van der Waals surface area contributed by atoms with E-state index in [2.05, 4.69) is 9.47 Å². The van der Waals surface area contributed by atoms with E-state index in [1.165, 1.54) is 20.3 Å². The molecule has 90 valence electrons. The Morgan fingerprint density at radius 1 is 1.12 bits per heavy atom. The summed E-state index contributed by atoms with van der Waals surface area (Å²) in [6.45, 7) is 1.86. The van der Waals surface area contributed by atoms with Crippen LogP contribution >= 0.6 is 0 Å². The first-order valence-electron chi connectivity index (χ1n) is 5.03. The van der Waals surface area contributed by atoms with Crippen LogP contribution in [0.3, 0.4) is 0 Å². The van der Waals surface area contributed by atoms with Crippen molar-refractivity contribution in [3.8, 4) is 0 Å². The van der Waals surface area contributed by atoms with Gasteiger partial charge in [-0.3, -0.25) is 0 Å². The van der Waals surface area contributed by atoms with Crippen molar-refractivity contribution in [3.05, 3.63) is 41.0 Å². The first-order valence-corrected chi connectivity index (χ1v) is 5.03. The molecule has 0 aliphatic heterocycles. The van der Waals surface area contributed by atoms with Crippen LogP contribution in [0.1, 0.15) is 21.5 Å². The summed E-state index contributed by atoms with van der Waals surface area (Å²) in [6, 6.07) is 5.23. The Hall–Kier alpha value is -2.10. The van der Waals surface area contributed by atoms with Crippen LogP contribution in [-0.4, -0.2) is 26.2 Å². The van der Waals surface area contributed by atoms with Crippen molar-refractivity contribution < 1.29 is 19.1 Å². The summed E-state index contributed by atoms with van der Waals surface area (Å²) in [6.07, 6.45) is 2.89. The zero-order valence-electron chi connectivity index (χ0n) is 10.0. The number of carbonyl (C=O) groups excluding carboxylic acids is 2. The molecule has 0 saturated heterocycles. The average molecular weight is 234 g/mol. The van der Waals surface area contributed by atoms with E-state index in [0.717, 1.165) is 11.1 Å². The standard InChI is InChI=1S/C13H14O4/c1-9-6-10(4-5-12(14)16-2)8-11(7-9)13(15)17-3/h4-8H,1-3H3. The Labute approximate surface area is 99.8 Å². The molecule has 0 unspecified atom stereocenters. The minimum Gasteiger partial charge on any atom is -0.466 e. The molecule has 17 heavy (non-hydrogen) atoms. The maximum atomic E-state index is 11.4. The van der Waals surface area contributed by atoms with Crippen LogP contribution in [0.15, 0.2) is 24.3 Å². The lowest BCUT2D eigenvalue weighted by Gasteiger charge is -2.03. The van der Waals surface area contributed by atoms with Crippen LogP contribution in [0, 0.1) is 6.92 Å². The molecule has 0 aromatic heterocycles. The lowest BCUT2D eigenvalue weighted by atomic mass is 10.1. The number of hydrogen-bond donors (Lipinski definition) is 0. The van der Waals surface area contributed by atoms with Gasteiger partial charge in [-0.2, -0.15) is 0 Å². The van der Waals surface area contributed by atoms with Crippen LogP contribution in [0.4, 0.5) is 0 Å². The summed E-state index contributed by atoms with van der Waals surface area (Å²) in [7, 11) is 2.64. The quantitative estimate of drug-likeness (QED) is 0.592. The summed E-state index contributed by atoms with van der Waals surface area (Å²) in [5, 5.41) is 0. The topological polar surface area (TPSA) is 52.6 Å². The Kier molecular flexibility index (Phi) is 4.46. The molecule has 0 atom stereocenters. The zero-order valence-corrected chi connectivity index (χ0v) is 10.0. The van der Waals surface area contributed by atoms with E-state index >= 15 is 0 Å². The van der Waals surface area contributed by atoms with Gasteiger partial charge < -0.3 is 9.47 Å². The Balaban J connectivity index is 3.01. The first kappa shape index (κ1) is 13.0. The van der Waals surface area contributed by atoms with Crippen LogP contribution in [-0.2, 0) is 14.3 Å². The Morgan fingerprint density at radius 3 is 2.41 bits per heavy atom. The van der Waals surface area contributed by atoms with E-state index in [1.807, 2.05) is 13.0 Å². The summed E-state index contributed by atoms with van der Waals surface area (Å²) in [4.78, 5) is 22.3. The second-order valence-corrected chi connectivity index (χ2v) is 3.48. The van der Waals surface area contributed by atoms with E-state index in [9.17, 15) is 9.59 Å². The predicted octanol–water partition coefficient (Wildman–Crippen LogP) is 1.97. The number of rotatable bonds is 3. The average Bonchev–Trinajstić information content (AvgIpc) is 2.34. The van der Waals surface area contributed by atoms with E-state index in [0.29, 0.717) is 5.56 Å². The summed E-state index contributed by atoms with van der Waals surface area (Å²) < 4.78 is 9.12. The number of benzene rings is 1. The molecule has 4 nitrogen and oxygen atoms in total. The zero-order chi connectivity index (χ0) is 12.8. The Morgan fingerprint density at radius 2 is 1.82 bits per heavy atom. The molecule has 0 aliphatic rings. The van der Waals surface area contributed by atoms with Gasteiger partial charge in [0.05, 0.1) is 19.8 Å². The molecule has 0 heterocycles. The second-order valence-electron chi connectivity index (χ2n) is 3.48. The van der Waals surface area contributed by atoms with Gasteiger partial charge in [-0.05, 0) is 36.3 Å². The third-order valence-corrected chi connectivity index (χ3v) is 2.13. The van der Waals surface area contributed by atoms with Gasteiger partial charge in [0.2, 0.25) is 0 Å². The lowest BCUT2D eigenvalue weighted by molar-refractivity contribution is -0.134. The molecule has 0 saturated carbocycles. The van der Waals surface area contributed by atoms with Gasteiger partial charge in [-0.1, -0.05) is 6.07 Å². The van der Waals surface area contributed by atoms with E-state index in [4.69, 9.17) is 0 Å². The lowest BCUT2D eigenvalue weighted by Crippen LogP contribution is -2.02. The molecule has 1 aromatic rings. The van der Waals surface area contributed by atoms with Gasteiger partial charge in [0.1, 0.15) is 0 Å². The summed E-state index contributed by atoms with van der Waals surface area (Å²) in [5.41, 5.74) is 2.12. The highest BCUT2D eigenvalue weighted by atomic mass is 16.5. The van der Waals surface area contributed by atoms with Gasteiger partial charge in [0, 0.05) is 6.08 Å². The molecule has 0 aliphatic carbocycles. The van der Waals surface area contributed by atoms with E-state index < -0.39 is 11.9 Å². The van der Waals surface area contributed by atoms with E-state index in [1.54, 1.807) is 18.2 Å². The van der Waals surface area contributed by atoms with Gasteiger partial charge >= 0.3 is 11.9 Å². The molecule has 0 radical (unpaired) electrons. The number of aryl methyl sites for hydroxylation is 1. The van der Waals surface area contributed by atoms with Crippen molar-refractivity contribution in [2.45, 2.75) is 6.92 Å². The molecular weight excluding hydrogens is 220 g/mol. The van der Waals surface area contributed by atoms with Crippen molar-refractivity contribution in [1.29, 1.82) is 0 Å². The van der Waals surface area contributed by atoms with Crippen molar-refractivity contribution in [1.82, 2.24) is 0 Å². The van der Waals surface area contributed by atoms with Crippen LogP contribution in [0.5, 0.6) is 0 Å². The largest absolute Gasteiger partial charge is 0.466 e. The minimum atomic E-state index is -0.439. The predicted molar refractivity (Wildman–Crippen MR) is 63.6 cm³/mol. The molecule has 1 rings (SSSR count). The van der Waals surface area contributed by atoms with Gasteiger partial charge in [0.25, 0.3) is 0 Å². The molecule has 1 aromatic carbocycles. The third-order valence-electron chi connectivity index (χ3n) is 2.13. The molecule has 0 N–H and O–H groups in total. The fourth-order valence-corrected chi connectivity index (χ4v) is 1.38. The van der Waals surface area contributed by atoms with E-state index in [-0.39, 0.29) is 0 Å². The molecular formula is C13H14O4. The first-order chi connectivity index (χ1) is 8.06. The minimum absolute atomic E-state index is 0.401. The number of carbonyl (C=O) groups is 2. The van der Waals surface area contributed by atoms with Crippen LogP contribution in [0.25, 0.3) is 6.08 Å². The maximum Gasteiger partial charge on any atom is 0.337 e. The van der Waals surface area contributed by atoms with Crippen molar-refractivity contribution in [2.75, 3.05) is 14.2 Å². The smallest absolute Gasteiger partial charge is 0.337 e. The maximum absolute atomic E-state index is 11.4. The third kappa shape index (κ3) is 3.75. The van der Waals surface area contributed by atoms with Gasteiger partial charge in [-0.15, -0.1) is 0 Å². The molecule has 0 fully saturated rings. The molecule has 0 bridgehead atoms. The second kappa shape index (κ2) is 5.84. The molecule has 0 spiro atoms. The number of esters is 2. The Bertz CT molecular complexity index is 460. The highest BCUT2D eigenvalue weighted by Gasteiger charge is 2.06. The normalized spacial score (nSPS) is 10.3. The van der Waals surface area contributed by atoms with Crippen LogP contribution < -0.4 is 0 Å². The number of methoxy groups -OCH3 is 2. The van der Waals surface area contributed by atoms with Crippen molar-refractivity contribution >= 4 is 18.0 Å². The highest BCUT2D eigenvalue weighted by Crippen LogP contribution is 2.12. The van der Waals surface area contributed by atoms with Crippen LogP contribution in [0.2, 0.25) is 0 Å². The number of ether oxygens (including phenoxy) is 2. The number of hydrogen-bond acceptors (Lipinski definition) is 4. The SMILES string of the molecule is COC(=O)C=Cc1cc(C)cc(C(=O)OC)c1. The summed E-state index contributed by atoms with van der Waals surface area (Å²) in [5.74, 6) is -0.840. The molecule has 4 heteroatoms.